The number of hydrogen-bond donors (Lipinski definition) is 2. The molecule has 0 amide bonds. The van der Waals surface area contributed by atoms with Crippen molar-refractivity contribution in [3.8, 4) is 0 Å². The molecule has 0 radical (unpaired) electrons. The van der Waals surface area contributed by atoms with E-state index in [1.54, 1.807) is 0 Å². The minimum Gasteiger partial charge on any atom is -0.391 e. The Bertz CT molecular complexity index is 364. The molecule has 0 spiro atoms. The number of hydrogen-bond acceptors (Lipinski definition) is 2. The molecule has 1 rings (SSSR count). The zero-order chi connectivity index (χ0) is 12.3. The first kappa shape index (κ1) is 12.9. The maximum Gasteiger partial charge on any atom is 0.419 e. The van der Waals surface area contributed by atoms with Crippen LogP contribution in [0.2, 0.25) is 0 Å². The summed E-state index contributed by atoms with van der Waals surface area (Å²) >= 11 is 0. The summed E-state index contributed by atoms with van der Waals surface area (Å²) in [7, 11) is 0. The first-order valence-electron chi connectivity index (χ1n) is 4.59. The number of rotatable bonds is 3. The van der Waals surface area contributed by atoms with Crippen molar-refractivity contribution in [2.24, 2.45) is 5.73 Å². The quantitative estimate of drug-likeness (QED) is 0.786. The fourth-order valence-corrected chi connectivity index (χ4v) is 1.29. The van der Waals surface area contributed by atoms with E-state index in [0.29, 0.717) is 6.07 Å². The largest absolute Gasteiger partial charge is 0.419 e. The number of benzene rings is 1. The van der Waals surface area contributed by atoms with Crippen LogP contribution in [-0.2, 0) is 12.6 Å². The van der Waals surface area contributed by atoms with Gasteiger partial charge in [0, 0.05) is 13.0 Å². The maximum atomic E-state index is 13.4. The van der Waals surface area contributed by atoms with Crippen LogP contribution in [0.4, 0.5) is 17.6 Å². The van der Waals surface area contributed by atoms with Gasteiger partial charge in [0.2, 0.25) is 0 Å². The molecule has 1 unspecified atom stereocenters. The zero-order valence-electron chi connectivity index (χ0n) is 8.26. The Morgan fingerprint density at radius 2 is 1.94 bits per heavy atom. The summed E-state index contributed by atoms with van der Waals surface area (Å²) in [6, 6.07) is 2.96. The van der Waals surface area contributed by atoms with Gasteiger partial charge in [-0.15, -0.1) is 0 Å². The Balaban J connectivity index is 3.05. The number of nitrogens with two attached hydrogens (primary N) is 1. The van der Waals surface area contributed by atoms with Gasteiger partial charge in [-0.1, -0.05) is 12.1 Å². The van der Waals surface area contributed by atoms with E-state index >= 15 is 0 Å². The Morgan fingerprint density at radius 3 is 2.44 bits per heavy atom. The van der Waals surface area contributed by atoms with E-state index < -0.39 is 23.7 Å². The van der Waals surface area contributed by atoms with Crippen molar-refractivity contribution in [3.05, 3.63) is 35.1 Å². The van der Waals surface area contributed by atoms with Crippen molar-refractivity contribution in [2.75, 3.05) is 6.54 Å². The van der Waals surface area contributed by atoms with Crippen LogP contribution >= 0.6 is 0 Å². The average molecular weight is 237 g/mol. The average Bonchev–Trinajstić information content (AvgIpc) is 2.19. The molecule has 1 atom stereocenters. The van der Waals surface area contributed by atoms with E-state index in [9.17, 15) is 17.6 Å². The topological polar surface area (TPSA) is 46.2 Å². The molecule has 0 bridgehead atoms. The lowest BCUT2D eigenvalue weighted by Crippen LogP contribution is -2.23. The normalized spacial score (nSPS) is 13.9. The molecule has 1 aromatic carbocycles. The summed E-state index contributed by atoms with van der Waals surface area (Å²) < 4.78 is 50.4. The van der Waals surface area contributed by atoms with Crippen molar-refractivity contribution in [3.63, 3.8) is 0 Å². The van der Waals surface area contributed by atoms with Gasteiger partial charge in [-0.3, -0.25) is 0 Å². The highest BCUT2D eigenvalue weighted by Crippen LogP contribution is 2.32. The third kappa shape index (κ3) is 2.93. The van der Waals surface area contributed by atoms with E-state index in [0.717, 1.165) is 6.07 Å². The van der Waals surface area contributed by atoms with Crippen molar-refractivity contribution in [1.29, 1.82) is 0 Å². The fraction of sp³-hybridized carbons (Fsp3) is 0.400. The molecule has 1 aromatic rings. The summed E-state index contributed by atoms with van der Waals surface area (Å²) in [4.78, 5) is 0. The Kier molecular flexibility index (Phi) is 3.88. The van der Waals surface area contributed by atoms with E-state index in [2.05, 4.69) is 0 Å². The monoisotopic (exact) mass is 237 g/mol. The van der Waals surface area contributed by atoms with Crippen LogP contribution in [-0.4, -0.2) is 17.8 Å². The summed E-state index contributed by atoms with van der Waals surface area (Å²) in [5.41, 5.74) is 3.59. The molecular weight excluding hydrogens is 226 g/mol. The summed E-state index contributed by atoms with van der Waals surface area (Å²) in [5.74, 6) is -1.34. The Morgan fingerprint density at radius 1 is 1.31 bits per heavy atom. The zero-order valence-corrected chi connectivity index (χ0v) is 8.26. The molecule has 0 aliphatic carbocycles. The Hall–Kier alpha value is -1.14. The van der Waals surface area contributed by atoms with Crippen LogP contribution in [0.25, 0.3) is 0 Å². The predicted molar refractivity (Wildman–Crippen MR) is 50.2 cm³/mol. The van der Waals surface area contributed by atoms with Gasteiger partial charge in [0.15, 0.2) is 0 Å². The van der Waals surface area contributed by atoms with Crippen LogP contribution < -0.4 is 5.73 Å². The number of aliphatic hydroxyl groups is 1. The third-order valence-electron chi connectivity index (χ3n) is 2.11. The minimum absolute atomic E-state index is 0.129. The number of alkyl halides is 3. The lowest BCUT2D eigenvalue weighted by molar-refractivity contribution is -0.140. The van der Waals surface area contributed by atoms with Gasteiger partial charge in [-0.25, -0.2) is 4.39 Å². The van der Waals surface area contributed by atoms with Crippen LogP contribution in [0, 0.1) is 5.82 Å². The van der Waals surface area contributed by atoms with Gasteiger partial charge < -0.3 is 10.8 Å². The second kappa shape index (κ2) is 4.80. The highest BCUT2D eigenvalue weighted by molar-refractivity contribution is 5.28. The van der Waals surface area contributed by atoms with E-state index in [1.165, 1.54) is 6.07 Å². The van der Waals surface area contributed by atoms with Crippen LogP contribution in [0.15, 0.2) is 18.2 Å². The number of halogens is 4. The molecular formula is C10H11F4NO. The predicted octanol–water partition coefficient (Wildman–Crippen LogP) is 1.71. The van der Waals surface area contributed by atoms with Crippen LogP contribution in [0.3, 0.4) is 0 Å². The first-order valence-corrected chi connectivity index (χ1v) is 4.59. The molecule has 90 valence electrons. The van der Waals surface area contributed by atoms with Gasteiger partial charge in [-0.05, 0) is 11.6 Å². The van der Waals surface area contributed by atoms with Gasteiger partial charge in [0.25, 0.3) is 0 Å². The van der Waals surface area contributed by atoms with Crippen molar-refractivity contribution >= 4 is 0 Å². The summed E-state index contributed by atoms with van der Waals surface area (Å²) in [6.45, 7) is -0.129. The summed E-state index contributed by atoms with van der Waals surface area (Å²) in [6.07, 6.45) is -6.00. The van der Waals surface area contributed by atoms with E-state index in [1.807, 2.05) is 0 Å². The van der Waals surface area contributed by atoms with Crippen LogP contribution in [0.1, 0.15) is 11.1 Å². The van der Waals surface area contributed by atoms with Crippen LogP contribution in [0.5, 0.6) is 0 Å². The van der Waals surface area contributed by atoms with E-state index in [-0.39, 0.29) is 18.5 Å². The highest BCUT2D eigenvalue weighted by Gasteiger charge is 2.34. The highest BCUT2D eigenvalue weighted by atomic mass is 19.4. The van der Waals surface area contributed by atoms with Crippen molar-refractivity contribution in [2.45, 2.75) is 18.7 Å². The fourth-order valence-electron chi connectivity index (χ4n) is 1.29. The first-order chi connectivity index (χ1) is 7.36. The molecule has 0 saturated heterocycles. The van der Waals surface area contributed by atoms with Gasteiger partial charge in [0.1, 0.15) is 5.82 Å². The molecule has 0 aliphatic heterocycles. The van der Waals surface area contributed by atoms with Gasteiger partial charge in [-0.2, -0.15) is 13.2 Å². The SMILES string of the molecule is NCC(O)Cc1cccc(C(F)(F)F)c1F. The molecule has 0 heterocycles. The molecule has 16 heavy (non-hydrogen) atoms. The molecule has 0 aliphatic rings. The molecule has 0 fully saturated rings. The van der Waals surface area contributed by atoms with Gasteiger partial charge >= 0.3 is 6.18 Å². The molecule has 0 saturated carbocycles. The molecule has 6 heteroatoms. The van der Waals surface area contributed by atoms with E-state index in [4.69, 9.17) is 10.8 Å². The summed E-state index contributed by atoms with van der Waals surface area (Å²) in [5, 5.41) is 9.16. The van der Waals surface area contributed by atoms with Gasteiger partial charge in [0.05, 0.1) is 11.7 Å². The van der Waals surface area contributed by atoms with Crippen molar-refractivity contribution < 1.29 is 22.7 Å². The standard InChI is InChI=1S/C10H11F4NO/c11-9-6(4-7(16)5-15)2-1-3-8(9)10(12,13)14/h1-3,7,16H,4-5,15H2. The maximum absolute atomic E-state index is 13.4. The molecule has 2 nitrogen and oxygen atoms in total. The second-order valence-electron chi connectivity index (χ2n) is 3.37. The smallest absolute Gasteiger partial charge is 0.391 e. The Labute approximate surface area is 89.7 Å². The molecule has 3 N–H and O–H groups in total. The lowest BCUT2D eigenvalue weighted by Gasteiger charge is -2.13. The second-order valence-corrected chi connectivity index (χ2v) is 3.37. The third-order valence-corrected chi connectivity index (χ3v) is 2.11. The number of aliphatic hydroxyl groups excluding tert-OH is 1. The lowest BCUT2D eigenvalue weighted by atomic mass is 10.0. The van der Waals surface area contributed by atoms with Crippen molar-refractivity contribution in [1.82, 2.24) is 0 Å². The molecule has 0 aromatic heterocycles. The minimum atomic E-state index is -4.73.